The number of urea groups is 1. The van der Waals surface area contributed by atoms with Crippen molar-refractivity contribution in [1.82, 2.24) is 15.1 Å². The third-order valence-electron chi connectivity index (χ3n) is 5.35. The molecule has 1 aliphatic carbocycles. The summed E-state index contributed by atoms with van der Waals surface area (Å²) in [5.41, 5.74) is 1.21. The van der Waals surface area contributed by atoms with Gasteiger partial charge in [-0.15, -0.1) is 0 Å². The number of aromatic nitrogens is 2. The highest BCUT2D eigenvalue weighted by Crippen LogP contribution is 2.28. The Hall–Kier alpha value is -3.35. The second kappa shape index (κ2) is 8.34. The number of hydrogen-bond acceptors (Lipinski definition) is 4. The molecular weight excluding hydrogens is 368 g/mol. The van der Waals surface area contributed by atoms with Gasteiger partial charge in [0.15, 0.2) is 0 Å². The number of benzene rings is 2. The summed E-state index contributed by atoms with van der Waals surface area (Å²) < 4.78 is 6.88. The molecule has 0 unspecified atom stereocenters. The van der Waals surface area contributed by atoms with E-state index >= 15 is 0 Å². The quantitative estimate of drug-likeness (QED) is 0.691. The highest BCUT2D eigenvalue weighted by Gasteiger charge is 2.21. The minimum Gasteiger partial charge on any atom is -0.495 e. The number of hydrogen-bond donors (Lipinski definition) is 2. The van der Waals surface area contributed by atoms with Gasteiger partial charge in [-0.3, -0.25) is 4.79 Å². The van der Waals surface area contributed by atoms with Crippen molar-refractivity contribution in [2.45, 2.75) is 38.3 Å². The van der Waals surface area contributed by atoms with E-state index in [1.54, 1.807) is 23.9 Å². The van der Waals surface area contributed by atoms with Gasteiger partial charge in [0.25, 0.3) is 5.56 Å². The Morgan fingerprint density at radius 1 is 1.10 bits per heavy atom. The lowest BCUT2D eigenvalue weighted by Gasteiger charge is -2.16. The molecule has 1 aromatic heterocycles. The monoisotopic (exact) mass is 392 g/mol. The molecule has 0 saturated heterocycles. The van der Waals surface area contributed by atoms with E-state index in [1.807, 2.05) is 36.4 Å². The van der Waals surface area contributed by atoms with E-state index < -0.39 is 0 Å². The van der Waals surface area contributed by atoms with Gasteiger partial charge >= 0.3 is 6.03 Å². The average Bonchev–Trinajstić information content (AvgIpc) is 3.28. The van der Waals surface area contributed by atoms with Gasteiger partial charge in [0.2, 0.25) is 0 Å². The molecule has 0 aliphatic heterocycles. The van der Waals surface area contributed by atoms with Crippen molar-refractivity contribution in [1.29, 1.82) is 0 Å². The zero-order chi connectivity index (χ0) is 20.2. The Balaban J connectivity index is 1.58. The molecule has 1 heterocycles. The van der Waals surface area contributed by atoms with E-state index in [2.05, 4.69) is 15.7 Å². The van der Waals surface area contributed by atoms with Gasteiger partial charge in [-0.1, -0.05) is 43.2 Å². The SMILES string of the molecule is COc1ccccc1NC(=O)NCc1nn(C2CCCC2)c(=O)c2ccccc12. The molecule has 0 bridgehead atoms. The maximum Gasteiger partial charge on any atom is 0.319 e. The van der Waals surface area contributed by atoms with Gasteiger partial charge < -0.3 is 15.4 Å². The zero-order valence-corrected chi connectivity index (χ0v) is 16.4. The lowest BCUT2D eigenvalue weighted by atomic mass is 10.1. The molecule has 7 heteroatoms. The minimum absolute atomic E-state index is 0.0604. The van der Waals surface area contributed by atoms with Gasteiger partial charge in [-0.2, -0.15) is 5.10 Å². The normalized spacial score (nSPS) is 14.1. The van der Waals surface area contributed by atoms with Crippen LogP contribution in [0.1, 0.15) is 37.4 Å². The predicted molar refractivity (Wildman–Crippen MR) is 112 cm³/mol. The van der Waals surface area contributed by atoms with Gasteiger partial charge in [0.05, 0.1) is 36.5 Å². The summed E-state index contributed by atoms with van der Waals surface area (Å²) in [6.07, 6.45) is 4.15. The van der Waals surface area contributed by atoms with Crippen LogP contribution < -0.4 is 20.9 Å². The summed E-state index contributed by atoms with van der Waals surface area (Å²) in [5.74, 6) is 0.584. The Morgan fingerprint density at radius 3 is 2.55 bits per heavy atom. The van der Waals surface area contributed by atoms with Crippen LogP contribution in [0, 0.1) is 0 Å². The maximum absolute atomic E-state index is 12.9. The molecule has 4 rings (SSSR count). The van der Waals surface area contributed by atoms with Gasteiger partial charge in [-0.05, 0) is 31.0 Å². The van der Waals surface area contributed by atoms with Crippen molar-refractivity contribution in [3.8, 4) is 5.75 Å². The summed E-state index contributed by atoms with van der Waals surface area (Å²) >= 11 is 0. The van der Waals surface area contributed by atoms with E-state index in [4.69, 9.17) is 4.74 Å². The first-order valence-electron chi connectivity index (χ1n) is 9.85. The van der Waals surface area contributed by atoms with Crippen LogP contribution >= 0.6 is 0 Å². The molecule has 0 spiro atoms. The number of carbonyl (C=O) groups is 1. The van der Waals surface area contributed by atoms with Crippen molar-refractivity contribution in [3.63, 3.8) is 0 Å². The first-order chi connectivity index (χ1) is 14.2. The summed E-state index contributed by atoms with van der Waals surface area (Å²) in [6.45, 7) is 0.217. The fraction of sp³-hybridized carbons (Fsp3) is 0.318. The number of nitrogens with one attached hydrogen (secondary N) is 2. The zero-order valence-electron chi connectivity index (χ0n) is 16.4. The Kier molecular flexibility index (Phi) is 5.46. The molecular formula is C22H24N4O3. The average molecular weight is 392 g/mol. The van der Waals surface area contributed by atoms with Crippen LogP contribution in [0.3, 0.4) is 0 Å². The molecule has 0 atom stereocenters. The van der Waals surface area contributed by atoms with Crippen LogP contribution in [0.5, 0.6) is 5.75 Å². The standard InChI is InChI=1S/C22H24N4O3/c1-29-20-13-7-6-12-18(20)24-22(28)23-14-19-16-10-4-5-11-17(16)21(27)26(25-19)15-8-2-3-9-15/h4-7,10-13,15H,2-3,8-9,14H2,1H3,(H2,23,24,28). The Morgan fingerprint density at radius 2 is 1.79 bits per heavy atom. The van der Waals surface area contributed by atoms with E-state index in [-0.39, 0.29) is 24.2 Å². The second-order valence-corrected chi connectivity index (χ2v) is 7.19. The van der Waals surface area contributed by atoms with Crippen LogP contribution in [0.25, 0.3) is 10.8 Å². The molecule has 3 aromatic rings. The number of rotatable bonds is 5. The van der Waals surface area contributed by atoms with Gasteiger partial charge in [0.1, 0.15) is 5.75 Å². The van der Waals surface area contributed by atoms with E-state index in [9.17, 15) is 9.59 Å². The highest BCUT2D eigenvalue weighted by molar-refractivity contribution is 5.91. The van der Waals surface area contributed by atoms with Crippen molar-refractivity contribution >= 4 is 22.5 Å². The summed E-state index contributed by atoms with van der Waals surface area (Å²) in [5, 5.41) is 11.7. The van der Waals surface area contributed by atoms with Crippen molar-refractivity contribution < 1.29 is 9.53 Å². The van der Waals surface area contributed by atoms with Crippen LogP contribution in [-0.2, 0) is 6.54 Å². The first-order valence-corrected chi connectivity index (χ1v) is 9.85. The van der Waals surface area contributed by atoms with Crippen molar-refractivity contribution in [3.05, 3.63) is 64.6 Å². The summed E-state index contributed by atoms with van der Waals surface area (Å²) in [6, 6.07) is 14.4. The van der Waals surface area contributed by atoms with Crippen LogP contribution in [0.15, 0.2) is 53.3 Å². The molecule has 29 heavy (non-hydrogen) atoms. The van der Waals surface area contributed by atoms with E-state index in [0.29, 0.717) is 22.5 Å². The molecule has 1 aliphatic rings. The third kappa shape index (κ3) is 3.94. The molecule has 150 valence electrons. The maximum atomic E-state index is 12.9. The fourth-order valence-electron chi connectivity index (χ4n) is 3.88. The molecule has 1 saturated carbocycles. The number of carbonyl (C=O) groups excluding carboxylic acids is 1. The largest absolute Gasteiger partial charge is 0.495 e. The lowest BCUT2D eigenvalue weighted by Crippen LogP contribution is -2.32. The molecule has 7 nitrogen and oxygen atoms in total. The number of ether oxygens (including phenoxy) is 1. The Bertz CT molecular complexity index is 1090. The number of nitrogens with zero attached hydrogens (tertiary/aromatic N) is 2. The smallest absolute Gasteiger partial charge is 0.319 e. The topological polar surface area (TPSA) is 85.2 Å². The second-order valence-electron chi connectivity index (χ2n) is 7.19. The van der Waals surface area contributed by atoms with Crippen LogP contribution in [0.4, 0.5) is 10.5 Å². The van der Waals surface area contributed by atoms with Crippen LogP contribution in [0.2, 0.25) is 0 Å². The third-order valence-corrected chi connectivity index (χ3v) is 5.35. The van der Waals surface area contributed by atoms with Crippen molar-refractivity contribution in [2.24, 2.45) is 0 Å². The molecule has 2 amide bonds. The number of amides is 2. The molecule has 2 N–H and O–H groups in total. The van der Waals surface area contributed by atoms with Crippen LogP contribution in [-0.4, -0.2) is 22.9 Å². The molecule has 1 fully saturated rings. The highest BCUT2D eigenvalue weighted by atomic mass is 16.5. The number of anilines is 1. The minimum atomic E-state index is -0.362. The molecule has 2 aromatic carbocycles. The van der Waals surface area contributed by atoms with E-state index in [1.165, 1.54) is 0 Å². The lowest BCUT2D eigenvalue weighted by molar-refractivity contribution is 0.251. The van der Waals surface area contributed by atoms with E-state index in [0.717, 1.165) is 31.1 Å². The number of fused-ring (bicyclic) bond motifs is 1. The van der Waals surface area contributed by atoms with Crippen molar-refractivity contribution in [2.75, 3.05) is 12.4 Å². The first kappa shape index (κ1) is 19.0. The summed E-state index contributed by atoms with van der Waals surface area (Å²) in [4.78, 5) is 25.3. The number of methoxy groups -OCH3 is 1. The van der Waals surface area contributed by atoms with Gasteiger partial charge in [0, 0.05) is 5.39 Å². The summed E-state index contributed by atoms with van der Waals surface area (Å²) in [7, 11) is 1.56. The molecule has 0 radical (unpaired) electrons. The predicted octanol–water partition coefficient (Wildman–Crippen LogP) is 3.84. The Labute approximate surface area is 168 Å². The van der Waals surface area contributed by atoms with Gasteiger partial charge in [-0.25, -0.2) is 9.48 Å². The fourth-order valence-corrected chi connectivity index (χ4v) is 3.88. The number of para-hydroxylation sites is 2.